The molecule has 4 aromatic rings. The summed E-state index contributed by atoms with van der Waals surface area (Å²) >= 11 is 0. The summed E-state index contributed by atoms with van der Waals surface area (Å²) in [7, 11) is -3.74. The number of aromatic nitrogens is 2. The lowest BCUT2D eigenvalue weighted by atomic mass is 9.98. The van der Waals surface area contributed by atoms with E-state index in [0.717, 1.165) is 41.0 Å². The number of hydrogen-bond acceptors (Lipinski definition) is 3. The summed E-state index contributed by atoms with van der Waals surface area (Å²) < 4.78 is 25.3. The van der Waals surface area contributed by atoms with Gasteiger partial charge in [-0.25, -0.2) is 13.6 Å². The van der Waals surface area contributed by atoms with E-state index in [2.05, 4.69) is 50.2 Å². The Morgan fingerprint density at radius 1 is 0.839 bits per heavy atom. The molecule has 0 radical (unpaired) electrons. The van der Waals surface area contributed by atoms with E-state index >= 15 is 0 Å². The number of hydrogen-bond donors (Lipinski definition) is 1. The second-order valence-electron chi connectivity index (χ2n) is 7.70. The molecule has 1 heterocycles. The summed E-state index contributed by atoms with van der Waals surface area (Å²) in [6.07, 6.45) is 0.875. The van der Waals surface area contributed by atoms with Crippen molar-refractivity contribution in [1.29, 1.82) is 0 Å². The fraction of sp³-hybridized carbons (Fsp3) is 0.160. The summed E-state index contributed by atoms with van der Waals surface area (Å²) in [5, 5.41) is 10.2. The van der Waals surface area contributed by atoms with Gasteiger partial charge in [0, 0.05) is 23.4 Å². The van der Waals surface area contributed by atoms with Gasteiger partial charge in [-0.2, -0.15) is 5.10 Å². The van der Waals surface area contributed by atoms with Gasteiger partial charge in [-0.3, -0.25) is 4.68 Å². The Bertz CT molecular complexity index is 1290. The predicted octanol–water partition coefficient (Wildman–Crippen LogP) is 4.72. The molecule has 2 N–H and O–H groups in total. The topological polar surface area (TPSA) is 78.0 Å². The van der Waals surface area contributed by atoms with Crippen LogP contribution < -0.4 is 5.14 Å². The molecule has 3 aromatic carbocycles. The Morgan fingerprint density at radius 2 is 1.45 bits per heavy atom. The summed E-state index contributed by atoms with van der Waals surface area (Å²) in [5.41, 5.74) is 7.34. The van der Waals surface area contributed by atoms with E-state index in [0.29, 0.717) is 0 Å². The fourth-order valence-electron chi connectivity index (χ4n) is 3.71. The van der Waals surface area contributed by atoms with Crippen molar-refractivity contribution < 1.29 is 8.42 Å². The average Bonchev–Trinajstić information content (AvgIpc) is 3.09. The number of sulfonamides is 1. The molecule has 158 valence electrons. The SMILES string of the molecule is Cc1ccc(-c2c(-c3ccc(S(N)(=O)=O)cc3)nn(CCc3ccccc3)c2C)cc1. The highest BCUT2D eigenvalue weighted by atomic mass is 32.2. The number of nitrogens with zero attached hydrogens (tertiary/aromatic N) is 2. The Kier molecular flexibility index (Phi) is 5.76. The molecule has 0 amide bonds. The minimum atomic E-state index is -3.74. The summed E-state index contributed by atoms with van der Waals surface area (Å²) in [6, 6.07) is 25.3. The summed E-state index contributed by atoms with van der Waals surface area (Å²) in [4.78, 5) is 0.0911. The van der Waals surface area contributed by atoms with Crippen molar-refractivity contribution in [1.82, 2.24) is 9.78 Å². The molecule has 1 aromatic heterocycles. The Hall–Kier alpha value is -3.22. The van der Waals surface area contributed by atoms with Crippen molar-refractivity contribution in [2.24, 2.45) is 5.14 Å². The molecular weight excluding hydrogens is 406 g/mol. The first-order chi connectivity index (χ1) is 14.8. The molecule has 0 saturated heterocycles. The highest BCUT2D eigenvalue weighted by Gasteiger charge is 2.19. The van der Waals surface area contributed by atoms with Gasteiger partial charge in [0.15, 0.2) is 0 Å². The van der Waals surface area contributed by atoms with Crippen LogP contribution in [0.2, 0.25) is 0 Å². The molecule has 0 aliphatic carbocycles. The first-order valence-corrected chi connectivity index (χ1v) is 11.7. The molecule has 0 atom stereocenters. The van der Waals surface area contributed by atoms with Gasteiger partial charge in [0.1, 0.15) is 5.69 Å². The maximum atomic E-state index is 11.6. The van der Waals surface area contributed by atoms with Gasteiger partial charge >= 0.3 is 0 Å². The lowest BCUT2D eigenvalue weighted by molar-refractivity contribution is 0.597. The molecule has 0 unspecified atom stereocenters. The van der Waals surface area contributed by atoms with Crippen LogP contribution in [0, 0.1) is 13.8 Å². The largest absolute Gasteiger partial charge is 0.268 e. The van der Waals surface area contributed by atoms with E-state index in [4.69, 9.17) is 10.2 Å². The van der Waals surface area contributed by atoms with Crippen molar-refractivity contribution in [3.63, 3.8) is 0 Å². The zero-order chi connectivity index (χ0) is 22.0. The van der Waals surface area contributed by atoms with E-state index in [9.17, 15) is 8.42 Å². The Labute approximate surface area is 183 Å². The molecule has 5 nitrogen and oxygen atoms in total. The van der Waals surface area contributed by atoms with Gasteiger partial charge in [0.05, 0.1) is 4.90 Å². The second-order valence-corrected chi connectivity index (χ2v) is 9.26. The molecule has 31 heavy (non-hydrogen) atoms. The molecule has 0 spiro atoms. The van der Waals surface area contributed by atoms with E-state index in [1.807, 2.05) is 22.9 Å². The van der Waals surface area contributed by atoms with Crippen molar-refractivity contribution in [2.75, 3.05) is 0 Å². The second kappa shape index (κ2) is 8.49. The Morgan fingerprint density at radius 3 is 2.06 bits per heavy atom. The lowest BCUT2D eigenvalue weighted by Gasteiger charge is -2.07. The molecule has 0 saturated carbocycles. The molecule has 0 bridgehead atoms. The van der Waals surface area contributed by atoms with Gasteiger partial charge < -0.3 is 0 Å². The van der Waals surface area contributed by atoms with Crippen LogP contribution in [0.4, 0.5) is 0 Å². The molecule has 0 aliphatic heterocycles. The van der Waals surface area contributed by atoms with E-state index < -0.39 is 10.0 Å². The smallest absolute Gasteiger partial charge is 0.238 e. The summed E-state index contributed by atoms with van der Waals surface area (Å²) in [6.45, 7) is 4.90. The number of rotatable bonds is 6. The van der Waals surface area contributed by atoms with Crippen LogP contribution in [0.25, 0.3) is 22.4 Å². The summed E-state index contributed by atoms with van der Waals surface area (Å²) in [5.74, 6) is 0. The van der Waals surface area contributed by atoms with Crippen LogP contribution in [-0.4, -0.2) is 18.2 Å². The molecule has 0 aliphatic rings. The third-order valence-electron chi connectivity index (χ3n) is 5.46. The van der Waals surface area contributed by atoms with Crippen LogP contribution >= 0.6 is 0 Å². The first-order valence-electron chi connectivity index (χ1n) is 10.1. The van der Waals surface area contributed by atoms with Gasteiger partial charge in [0.25, 0.3) is 0 Å². The monoisotopic (exact) mass is 431 g/mol. The maximum Gasteiger partial charge on any atom is 0.238 e. The quantitative estimate of drug-likeness (QED) is 0.480. The first kappa shape index (κ1) is 21.0. The van der Waals surface area contributed by atoms with Crippen LogP contribution in [0.1, 0.15) is 16.8 Å². The lowest BCUT2D eigenvalue weighted by Crippen LogP contribution is -2.11. The molecule has 0 fully saturated rings. The van der Waals surface area contributed by atoms with Crippen molar-refractivity contribution in [3.8, 4) is 22.4 Å². The minimum absolute atomic E-state index is 0.0911. The standard InChI is InChI=1S/C25H25N3O2S/c1-18-8-10-21(11-9-18)24-19(2)28(17-16-20-6-4-3-5-7-20)27-25(24)22-12-14-23(15-13-22)31(26,29)30/h3-15H,16-17H2,1-2H3,(H2,26,29,30). The fourth-order valence-corrected chi connectivity index (χ4v) is 4.23. The van der Waals surface area contributed by atoms with E-state index in [-0.39, 0.29) is 4.90 Å². The van der Waals surface area contributed by atoms with Crippen LogP contribution in [0.3, 0.4) is 0 Å². The molecule has 6 heteroatoms. The number of benzene rings is 3. The highest BCUT2D eigenvalue weighted by molar-refractivity contribution is 7.89. The number of primary sulfonamides is 1. The zero-order valence-corrected chi connectivity index (χ0v) is 18.4. The maximum absolute atomic E-state index is 11.6. The Balaban J connectivity index is 1.77. The van der Waals surface area contributed by atoms with Crippen LogP contribution in [0.5, 0.6) is 0 Å². The van der Waals surface area contributed by atoms with Gasteiger partial charge in [-0.1, -0.05) is 72.3 Å². The molecular formula is C25H25N3O2S. The van der Waals surface area contributed by atoms with Gasteiger partial charge in [-0.05, 0) is 43.5 Å². The van der Waals surface area contributed by atoms with E-state index in [1.54, 1.807) is 12.1 Å². The van der Waals surface area contributed by atoms with Crippen LogP contribution in [0.15, 0.2) is 83.8 Å². The van der Waals surface area contributed by atoms with Crippen molar-refractivity contribution in [2.45, 2.75) is 31.7 Å². The van der Waals surface area contributed by atoms with E-state index in [1.165, 1.54) is 23.3 Å². The zero-order valence-electron chi connectivity index (χ0n) is 17.6. The van der Waals surface area contributed by atoms with Crippen molar-refractivity contribution in [3.05, 3.63) is 95.7 Å². The normalized spacial score (nSPS) is 11.6. The highest BCUT2D eigenvalue weighted by Crippen LogP contribution is 2.35. The molecule has 4 rings (SSSR count). The van der Waals surface area contributed by atoms with Gasteiger partial charge in [0.2, 0.25) is 10.0 Å². The minimum Gasteiger partial charge on any atom is -0.268 e. The third kappa shape index (κ3) is 4.60. The average molecular weight is 432 g/mol. The predicted molar refractivity (Wildman–Crippen MR) is 124 cm³/mol. The third-order valence-corrected chi connectivity index (χ3v) is 6.39. The van der Waals surface area contributed by atoms with Crippen molar-refractivity contribution >= 4 is 10.0 Å². The number of nitrogens with two attached hydrogens (primary N) is 1. The number of aryl methyl sites for hydroxylation is 3. The van der Waals surface area contributed by atoms with Crippen LogP contribution in [-0.2, 0) is 23.0 Å². The van der Waals surface area contributed by atoms with Gasteiger partial charge in [-0.15, -0.1) is 0 Å².